The molecule has 0 bridgehead atoms. The summed E-state index contributed by atoms with van der Waals surface area (Å²) in [6.07, 6.45) is 0.989. The molecule has 0 aliphatic carbocycles. The molecule has 1 N–H and O–H groups in total. The maximum absolute atomic E-state index is 12.4. The number of halogens is 1. The van der Waals surface area contributed by atoms with Crippen molar-refractivity contribution in [2.75, 3.05) is 16.8 Å². The fourth-order valence-corrected chi connectivity index (χ4v) is 3.98. The van der Waals surface area contributed by atoms with Crippen LogP contribution in [-0.4, -0.2) is 12.5 Å². The quantitative estimate of drug-likeness (QED) is 0.806. The van der Waals surface area contributed by atoms with E-state index in [0.717, 1.165) is 29.9 Å². The molecule has 96 valence electrons. The van der Waals surface area contributed by atoms with Crippen molar-refractivity contribution in [3.8, 4) is 0 Å². The maximum atomic E-state index is 12.4. The minimum Gasteiger partial charge on any atom is -0.354 e. The summed E-state index contributed by atoms with van der Waals surface area (Å²) in [7, 11) is 0. The van der Waals surface area contributed by atoms with Crippen LogP contribution in [0.15, 0.2) is 29.6 Å². The Bertz CT molecular complexity index is 682. The Morgan fingerprint density at radius 3 is 3.16 bits per heavy atom. The highest BCUT2D eigenvalue weighted by molar-refractivity contribution is 7.10. The summed E-state index contributed by atoms with van der Waals surface area (Å²) in [6.45, 7) is 0.860. The number of rotatable bonds is 0. The minimum atomic E-state index is -0.207. The Kier molecular flexibility index (Phi) is 2.37. The average Bonchev–Trinajstić information content (AvgIpc) is 2.87. The highest BCUT2D eigenvalue weighted by atomic mass is 35.5. The lowest BCUT2D eigenvalue weighted by molar-refractivity contribution is -0.117. The van der Waals surface area contributed by atoms with Gasteiger partial charge in [0.1, 0.15) is 6.04 Å². The highest BCUT2D eigenvalue weighted by Gasteiger charge is 2.38. The van der Waals surface area contributed by atoms with Crippen LogP contribution in [-0.2, 0) is 11.2 Å². The number of nitrogens with zero attached hydrogens (tertiary/aromatic N) is 1. The number of thiophene rings is 1. The van der Waals surface area contributed by atoms with Crippen LogP contribution in [0.1, 0.15) is 16.5 Å². The van der Waals surface area contributed by atoms with Crippen molar-refractivity contribution in [3.05, 3.63) is 45.1 Å². The molecule has 1 aromatic heterocycles. The summed E-state index contributed by atoms with van der Waals surface area (Å²) in [4.78, 5) is 15.8. The van der Waals surface area contributed by atoms with Gasteiger partial charge in [-0.15, -0.1) is 11.3 Å². The lowest BCUT2D eigenvalue weighted by atomic mass is 9.96. The summed E-state index contributed by atoms with van der Waals surface area (Å²) < 4.78 is 0. The van der Waals surface area contributed by atoms with Gasteiger partial charge >= 0.3 is 0 Å². The van der Waals surface area contributed by atoms with Crippen molar-refractivity contribution < 1.29 is 4.79 Å². The van der Waals surface area contributed by atoms with E-state index < -0.39 is 0 Å². The number of hydrogen-bond acceptors (Lipinski definition) is 3. The van der Waals surface area contributed by atoms with E-state index in [1.807, 2.05) is 12.1 Å². The number of benzene rings is 1. The molecule has 1 amide bonds. The Balaban J connectivity index is 1.89. The Morgan fingerprint density at radius 2 is 2.26 bits per heavy atom. The first-order valence-electron chi connectivity index (χ1n) is 6.17. The first-order valence-corrected chi connectivity index (χ1v) is 7.43. The number of hydrogen-bond donors (Lipinski definition) is 1. The standard InChI is InChI=1S/C14H11ClN2OS/c15-8-1-2-10-11(7-8)17-5-3-12-9(4-6-19-12)13(17)14(18)16-10/h1-2,4,6-7,13H,3,5H2,(H,16,18). The normalized spacial score (nSPS) is 20.4. The van der Waals surface area contributed by atoms with Gasteiger partial charge in [0.2, 0.25) is 0 Å². The van der Waals surface area contributed by atoms with Crippen molar-refractivity contribution in [2.24, 2.45) is 0 Å². The van der Waals surface area contributed by atoms with Gasteiger partial charge in [0.05, 0.1) is 11.4 Å². The predicted molar refractivity (Wildman–Crippen MR) is 78.2 cm³/mol. The number of anilines is 2. The largest absolute Gasteiger partial charge is 0.354 e. The van der Waals surface area contributed by atoms with Crippen LogP contribution >= 0.6 is 22.9 Å². The van der Waals surface area contributed by atoms with Crippen LogP contribution in [0.5, 0.6) is 0 Å². The van der Waals surface area contributed by atoms with Crippen LogP contribution in [0, 0.1) is 0 Å². The van der Waals surface area contributed by atoms with Crippen LogP contribution in [0.4, 0.5) is 11.4 Å². The molecule has 3 nitrogen and oxygen atoms in total. The zero-order valence-corrected chi connectivity index (χ0v) is 11.6. The zero-order chi connectivity index (χ0) is 13.0. The fourth-order valence-electron chi connectivity index (χ4n) is 2.91. The molecule has 1 atom stereocenters. The molecule has 1 unspecified atom stereocenters. The monoisotopic (exact) mass is 290 g/mol. The van der Waals surface area contributed by atoms with E-state index in [1.165, 1.54) is 4.88 Å². The Hall–Kier alpha value is -1.52. The van der Waals surface area contributed by atoms with Gasteiger partial charge in [-0.05, 0) is 41.6 Å². The van der Waals surface area contributed by atoms with E-state index in [-0.39, 0.29) is 11.9 Å². The lowest BCUT2D eigenvalue weighted by Crippen LogP contribution is -2.45. The molecular weight excluding hydrogens is 280 g/mol. The van der Waals surface area contributed by atoms with Crippen molar-refractivity contribution in [3.63, 3.8) is 0 Å². The van der Waals surface area contributed by atoms with Crippen LogP contribution < -0.4 is 10.2 Å². The van der Waals surface area contributed by atoms with Gasteiger partial charge in [-0.25, -0.2) is 0 Å². The summed E-state index contributed by atoms with van der Waals surface area (Å²) in [5, 5.41) is 5.75. The van der Waals surface area contributed by atoms with Crippen LogP contribution in [0.25, 0.3) is 0 Å². The highest BCUT2D eigenvalue weighted by Crippen LogP contribution is 2.43. The molecule has 2 aliphatic heterocycles. The second-order valence-corrected chi connectivity index (χ2v) is 6.23. The van der Waals surface area contributed by atoms with Gasteiger partial charge in [-0.1, -0.05) is 11.6 Å². The van der Waals surface area contributed by atoms with E-state index in [4.69, 9.17) is 11.6 Å². The minimum absolute atomic E-state index is 0.0502. The predicted octanol–water partition coefficient (Wildman–Crippen LogP) is 3.46. The number of fused-ring (bicyclic) bond motifs is 5. The van der Waals surface area contributed by atoms with Crippen molar-refractivity contribution in [1.82, 2.24) is 0 Å². The molecule has 3 heterocycles. The zero-order valence-electron chi connectivity index (χ0n) is 10.0. The molecule has 0 saturated carbocycles. The molecule has 1 aromatic carbocycles. The van der Waals surface area contributed by atoms with E-state index in [0.29, 0.717) is 5.02 Å². The third-order valence-corrected chi connectivity index (χ3v) is 4.97. The van der Waals surface area contributed by atoms with Crippen LogP contribution in [0.2, 0.25) is 5.02 Å². The summed E-state index contributed by atoms with van der Waals surface area (Å²) >= 11 is 7.82. The molecule has 0 radical (unpaired) electrons. The average molecular weight is 291 g/mol. The van der Waals surface area contributed by atoms with Gasteiger partial charge < -0.3 is 10.2 Å². The summed E-state index contributed by atoms with van der Waals surface area (Å²) in [5.74, 6) is 0.0502. The lowest BCUT2D eigenvalue weighted by Gasteiger charge is -2.41. The molecule has 2 aromatic rings. The Labute approximate surface area is 119 Å². The third-order valence-electron chi connectivity index (χ3n) is 3.74. The second-order valence-electron chi connectivity index (χ2n) is 4.80. The van der Waals surface area contributed by atoms with E-state index >= 15 is 0 Å². The molecule has 0 fully saturated rings. The molecule has 0 saturated heterocycles. The van der Waals surface area contributed by atoms with Crippen molar-refractivity contribution >= 4 is 40.2 Å². The molecule has 2 aliphatic rings. The van der Waals surface area contributed by atoms with Crippen molar-refractivity contribution in [2.45, 2.75) is 12.5 Å². The number of amides is 1. The second kappa shape index (κ2) is 3.99. The SMILES string of the molecule is O=C1Nc2ccc(Cl)cc2N2CCc3sccc3C12. The van der Waals surface area contributed by atoms with Gasteiger partial charge in [0.15, 0.2) is 0 Å². The number of carbonyl (C=O) groups excluding carboxylic acids is 1. The van der Waals surface area contributed by atoms with Crippen LogP contribution in [0.3, 0.4) is 0 Å². The molecule has 19 heavy (non-hydrogen) atoms. The smallest absolute Gasteiger partial charge is 0.251 e. The van der Waals surface area contributed by atoms with Gasteiger partial charge in [-0.3, -0.25) is 4.79 Å². The van der Waals surface area contributed by atoms with Gasteiger partial charge in [0.25, 0.3) is 5.91 Å². The number of carbonyl (C=O) groups is 1. The topological polar surface area (TPSA) is 32.3 Å². The first kappa shape index (κ1) is 11.3. The molecular formula is C14H11ClN2OS. The van der Waals surface area contributed by atoms with E-state index in [9.17, 15) is 4.79 Å². The van der Waals surface area contributed by atoms with E-state index in [1.54, 1.807) is 17.4 Å². The summed E-state index contributed by atoms with van der Waals surface area (Å²) in [6, 6.07) is 7.46. The first-order chi connectivity index (χ1) is 9.24. The molecule has 4 rings (SSSR count). The third kappa shape index (κ3) is 1.60. The maximum Gasteiger partial charge on any atom is 0.251 e. The fraction of sp³-hybridized carbons (Fsp3) is 0.214. The summed E-state index contributed by atoms with van der Waals surface area (Å²) in [5.41, 5.74) is 3.01. The molecule has 0 spiro atoms. The van der Waals surface area contributed by atoms with Gasteiger partial charge in [0, 0.05) is 16.4 Å². The Morgan fingerprint density at radius 1 is 1.37 bits per heavy atom. The van der Waals surface area contributed by atoms with E-state index in [2.05, 4.69) is 21.7 Å². The van der Waals surface area contributed by atoms with Crippen molar-refractivity contribution in [1.29, 1.82) is 0 Å². The molecule has 5 heteroatoms. The number of nitrogens with one attached hydrogen (secondary N) is 1. The van der Waals surface area contributed by atoms with Gasteiger partial charge in [-0.2, -0.15) is 0 Å².